The van der Waals surface area contributed by atoms with Gasteiger partial charge in [0.2, 0.25) is 5.91 Å². The first-order valence-corrected chi connectivity index (χ1v) is 10.1. The predicted molar refractivity (Wildman–Crippen MR) is 101 cm³/mol. The average molecular weight is 386 g/mol. The van der Waals surface area contributed by atoms with Crippen molar-refractivity contribution in [3.8, 4) is 16.9 Å². The van der Waals surface area contributed by atoms with Crippen molar-refractivity contribution in [2.45, 2.75) is 31.7 Å². The van der Waals surface area contributed by atoms with Gasteiger partial charge in [0.15, 0.2) is 0 Å². The zero-order chi connectivity index (χ0) is 16.9. The van der Waals surface area contributed by atoms with Crippen LogP contribution in [0.5, 0.6) is 5.75 Å². The van der Waals surface area contributed by atoms with Crippen LogP contribution in [-0.4, -0.2) is 18.4 Å². The van der Waals surface area contributed by atoms with E-state index < -0.39 is 10.9 Å². The molecule has 0 radical (unpaired) electrons. The summed E-state index contributed by atoms with van der Waals surface area (Å²) in [6.07, 6.45) is 0. The van der Waals surface area contributed by atoms with E-state index >= 15 is 0 Å². The third-order valence-corrected chi connectivity index (χ3v) is 7.54. The van der Waals surface area contributed by atoms with Gasteiger partial charge in [0.25, 0.3) is 0 Å². The molecular formula is C16H16ClNO2S3. The van der Waals surface area contributed by atoms with Crippen LogP contribution in [0.1, 0.15) is 25.6 Å². The molecule has 0 bridgehead atoms. The first kappa shape index (κ1) is 16.9. The number of fused-ring (bicyclic) bond motifs is 3. The lowest BCUT2D eigenvalue weighted by Crippen LogP contribution is -2.50. The monoisotopic (exact) mass is 385 g/mol. The number of hydrogen-bond acceptors (Lipinski definition) is 5. The van der Waals surface area contributed by atoms with Crippen LogP contribution in [0.15, 0.2) is 18.2 Å². The molecule has 122 valence electrons. The van der Waals surface area contributed by atoms with E-state index in [9.17, 15) is 4.79 Å². The van der Waals surface area contributed by atoms with E-state index in [-0.39, 0.29) is 5.91 Å². The van der Waals surface area contributed by atoms with Gasteiger partial charge in [-0.25, -0.2) is 0 Å². The van der Waals surface area contributed by atoms with E-state index in [1.807, 2.05) is 32.0 Å². The van der Waals surface area contributed by atoms with E-state index in [0.29, 0.717) is 0 Å². The van der Waals surface area contributed by atoms with Crippen molar-refractivity contribution < 1.29 is 9.53 Å². The number of carbonyl (C=O) groups is 1. The van der Waals surface area contributed by atoms with E-state index in [2.05, 4.69) is 0 Å². The topological polar surface area (TPSA) is 29.5 Å². The van der Waals surface area contributed by atoms with Gasteiger partial charge in [-0.15, -0.1) is 11.6 Å². The van der Waals surface area contributed by atoms with Gasteiger partial charge < -0.3 is 4.74 Å². The third-order valence-electron chi connectivity index (χ3n) is 4.02. The predicted octanol–water partition coefficient (Wildman–Crippen LogP) is 5.42. The number of hydrogen-bond donors (Lipinski definition) is 0. The molecule has 0 N–H and O–H groups in total. The van der Waals surface area contributed by atoms with Crippen LogP contribution < -0.4 is 9.64 Å². The van der Waals surface area contributed by atoms with E-state index in [4.69, 9.17) is 28.6 Å². The summed E-state index contributed by atoms with van der Waals surface area (Å²) in [7, 11) is 4.82. The Balaban J connectivity index is 2.35. The molecule has 23 heavy (non-hydrogen) atoms. The number of rotatable bonds is 2. The minimum Gasteiger partial charge on any atom is -0.497 e. The Morgan fingerprint density at radius 1 is 1.39 bits per heavy atom. The summed E-state index contributed by atoms with van der Waals surface area (Å²) >= 11 is 11.7. The van der Waals surface area contributed by atoms with Crippen molar-refractivity contribution in [2.24, 2.45) is 0 Å². The number of carbonyl (C=O) groups excluding carboxylic acids is 1. The SMILES string of the molecule is COc1ccc2c(c1)-c1c(ssc1=S)C(C)(C)N2C(=O)[C@@H](C)Cl. The summed E-state index contributed by atoms with van der Waals surface area (Å²) in [6.45, 7) is 5.77. The largest absolute Gasteiger partial charge is 0.497 e. The molecule has 1 amide bonds. The lowest BCUT2D eigenvalue weighted by atomic mass is 9.87. The fourth-order valence-electron chi connectivity index (χ4n) is 2.91. The number of alkyl halides is 1. The normalized spacial score (nSPS) is 16.5. The molecule has 0 fully saturated rings. The van der Waals surface area contributed by atoms with Gasteiger partial charge in [0, 0.05) is 11.1 Å². The number of anilines is 1. The maximum atomic E-state index is 12.8. The van der Waals surface area contributed by atoms with Gasteiger partial charge in [-0.05, 0) is 39.0 Å². The van der Waals surface area contributed by atoms with Crippen LogP contribution >= 0.6 is 44.5 Å². The Kier molecular flexibility index (Phi) is 4.29. The van der Waals surface area contributed by atoms with Gasteiger partial charge in [0.05, 0.1) is 23.2 Å². The first-order valence-electron chi connectivity index (χ1n) is 7.09. The molecule has 0 spiro atoms. The maximum Gasteiger partial charge on any atom is 0.245 e. The standard InChI is InChI=1S/C16H16ClNO2S3/c1-8(17)14(19)18-11-6-5-9(20-4)7-10(11)12-13(16(18,2)3)22-23-15(12)21/h5-8H,1-4H3/t8-/m1/s1. The number of amides is 1. The molecule has 2 aromatic rings. The molecule has 0 aliphatic carbocycles. The Morgan fingerprint density at radius 2 is 2.09 bits per heavy atom. The summed E-state index contributed by atoms with van der Waals surface area (Å²) in [4.78, 5) is 15.7. The number of halogens is 1. The highest BCUT2D eigenvalue weighted by Crippen LogP contribution is 2.53. The third kappa shape index (κ3) is 2.52. The number of nitrogens with zero attached hydrogens (tertiary/aromatic N) is 1. The molecule has 1 aliphatic heterocycles. The van der Waals surface area contributed by atoms with E-state index in [1.165, 1.54) is 0 Å². The molecular weight excluding hydrogens is 370 g/mol. The van der Waals surface area contributed by atoms with Crippen molar-refractivity contribution >= 4 is 56.1 Å². The first-order chi connectivity index (χ1) is 10.8. The molecule has 3 nitrogen and oxygen atoms in total. The van der Waals surface area contributed by atoms with E-state index in [0.717, 1.165) is 31.3 Å². The zero-order valence-corrected chi connectivity index (χ0v) is 16.4. The fourth-order valence-corrected chi connectivity index (χ4v) is 6.29. The minimum absolute atomic E-state index is 0.113. The Bertz CT molecular complexity index is 838. The summed E-state index contributed by atoms with van der Waals surface area (Å²) in [5.41, 5.74) is 2.32. The van der Waals surface area contributed by atoms with Crippen molar-refractivity contribution in [3.63, 3.8) is 0 Å². The van der Waals surface area contributed by atoms with Crippen molar-refractivity contribution in [1.82, 2.24) is 0 Å². The molecule has 3 rings (SSSR count). The second kappa shape index (κ2) is 5.84. The van der Waals surface area contributed by atoms with Crippen LogP contribution in [0.2, 0.25) is 0 Å². The molecule has 0 unspecified atom stereocenters. The van der Waals surface area contributed by atoms with E-state index in [1.54, 1.807) is 39.6 Å². The van der Waals surface area contributed by atoms with Crippen LogP contribution in [0.3, 0.4) is 0 Å². The molecule has 1 aromatic carbocycles. The zero-order valence-electron chi connectivity index (χ0n) is 13.2. The number of ether oxygens (including phenoxy) is 1. The summed E-state index contributed by atoms with van der Waals surface area (Å²) in [5.74, 6) is 0.629. The van der Waals surface area contributed by atoms with Gasteiger partial charge in [-0.1, -0.05) is 32.9 Å². The Morgan fingerprint density at radius 3 is 2.70 bits per heavy atom. The van der Waals surface area contributed by atoms with Crippen LogP contribution in [0.25, 0.3) is 11.1 Å². The molecule has 0 saturated carbocycles. The molecule has 1 aliphatic rings. The molecule has 1 atom stereocenters. The summed E-state index contributed by atoms with van der Waals surface area (Å²) < 4.78 is 6.20. The molecule has 1 aromatic heterocycles. The van der Waals surface area contributed by atoms with Gasteiger partial charge in [-0.3, -0.25) is 9.69 Å². The fraction of sp³-hybridized carbons (Fsp3) is 0.375. The quantitative estimate of drug-likeness (QED) is 0.392. The van der Waals surface area contributed by atoms with Crippen LogP contribution in [0.4, 0.5) is 5.69 Å². The Labute approximate surface area is 152 Å². The van der Waals surface area contributed by atoms with Gasteiger partial charge in [0.1, 0.15) is 15.0 Å². The molecule has 2 heterocycles. The number of methoxy groups -OCH3 is 1. The lowest BCUT2D eigenvalue weighted by molar-refractivity contribution is -0.119. The minimum atomic E-state index is -0.600. The van der Waals surface area contributed by atoms with Gasteiger partial charge >= 0.3 is 0 Å². The highest BCUT2D eigenvalue weighted by Gasteiger charge is 2.43. The molecule has 7 heteroatoms. The van der Waals surface area contributed by atoms with Crippen LogP contribution in [-0.2, 0) is 10.3 Å². The highest BCUT2D eigenvalue weighted by atomic mass is 35.5. The second-order valence-corrected chi connectivity index (χ2v) is 9.36. The Hall–Kier alpha value is -0.950. The van der Waals surface area contributed by atoms with Crippen molar-refractivity contribution in [2.75, 3.05) is 12.0 Å². The second-order valence-electron chi connectivity index (χ2n) is 5.89. The van der Waals surface area contributed by atoms with Crippen molar-refractivity contribution in [3.05, 3.63) is 26.9 Å². The maximum absolute atomic E-state index is 12.8. The molecule has 0 saturated heterocycles. The summed E-state index contributed by atoms with van der Waals surface area (Å²) in [5, 5.41) is -0.600. The van der Waals surface area contributed by atoms with Crippen molar-refractivity contribution in [1.29, 1.82) is 0 Å². The van der Waals surface area contributed by atoms with Crippen LogP contribution in [0, 0.1) is 3.82 Å². The lowest BCUT2D eigenvalue weighted by Gasteiger charge is -2.43. The smallest absolute Gasteiger partial charge is 0.245 e. The van der Waals surface area contributed by atoms with Gasteiger partial charge in [-0.2, -0.15) is 0 Å². The highest BCUT2D eigenvalue weighted by molar-refractivity contribution is 7.80. The average Bonchev–Trinajstić information content (AvgIpc) is 2.89. The summed E-state index contributed by atoms with van der Waals surface area (Å²) in [6, 6.07) is 5.71. The number of benzene rings is 1.